The van der Waals surface area contributed by atoms with Crippen LogP contribution in [-0.4, -0.2) is 56.3 Å². The Balaban J connectivity index is 2.40. The summed E-state index contributed by atoms with van der Waals surface area (Å²) in [7, 11) is 1.42. The third kappa shape index (κ3) is 6.51. The summed E-state index contributed by atoms with van der Waals surface area (Å²) in [5.41, 5.74) is 0. The topological polar surface area (TPSA) is 66.0 Å². The van der Waals surface area contributed by atoms with E-state index < -0.39 is 0 Å². The van der Waals surface area contributed by atoms with Crippen molar-refractivity contribution in [2.75, 3.05) is 33.3 Å². The summed E-state index contributed by atoms with van der Waals surface area (Å²) in [5, 5.41) is 6.71. The predicted molar refractivity (Wildman–Crippen MR) is 85.5 cm³/mol. The minimum Gasteiger partial charge on any atom is -0.453 e. The number of hydrogen-bond donors (Lipinski definition) is 2. The molecule has 6 heteroatoms. The summed E-state index contributed by atoms with van der Waals surface area (Å²) in [6, 6.07) is 0.352. The fraction of sp³-hybridized carbons (Fsp3) is 0.733. The zero-order valence-electron chi connectivity index (χ0n) is 13.4. The molecule has 6 nitrogen and oxygen atoms in total. The average Bonchev–Trinajstić information content (AvgIpc) is 2.51. The van der Waals surface area contributed by atoms with Crippen molar-refractivity contribution < 1.29 is 9.53 Å². The highest BCUT2D eigenvalue weighted by molar-refractivity contribution is 5.80. The van der Waals surface area contributed by atoms with Crippen LogP contribution < -0.4 is 10.6 Å². The van der Waals surface area contributed by atoms with Crippen molar-refractivity contribution >= 4 is 12.1 Å². The van der Waals surface area contributed by atoms with E-state index in [0.29, 0.717) is 6.04 Å². The first-order chi connectivity index (χ1) is 10.2. The van der Waals surface area contributed by atoms with E-state index in [-0.39, 0.29) is 6.09 Å². The molecule has 1 heterocycles. The van der Waals surface area contributed by atoms with Crippen LogP contribution in [-0.2, 0) is 4.74 Å². The molecule has 0 atom stereocenters. The minimum atomic E-state index is -0.236. The largest absolute Gasteiger partial charge is 0.453 e. The lowest BCUT2D eigenvalue weighted by Crippen LogP contribution is -2.49. The summed E-state index contributed by atoms with van der Waals surface area (Å²) < 4.78 is 4.74. The van der Waals surface area contributed by atoms with Crippen molar-refractivity contribution in [3.63, 3.8) is 0 Å². The molecule has 1 rings (SSSR count). The molecule has 1 fully saturated rings. The van der Waals surface area contributed by atoms with E-state index in [4.69, 9.17) is 4.74 Å². The number of carbonyl (C=O) groups is 1. The van der Waals surface area contributed by atoms with Gasteiger partial charge >= 0.3 is 6.09 Å². The second kappa shape index (κ2) is 10.1. The number of rotatable bonds is 5. The lowest BCUT2D eigenvalue weighted by atomic mass is 10.1. The quantitative estimate of drug-likeness (QED) is 0.351. The van der Waals surface area contributed by atoms with E-state index >= 15 is 0 Å². The molecule has 0 bridgehead atoms. The van der Waals surface area contributed by atoms with Crippen molar-refractivity contribution in [3.8, 4) is 0 Å². The van der Waals surface area contributed by atoms with E-state index in [9.17, 15) is 4.79 Å². The summed E-state index contributed by atoms with van der Waals surface area (Å²) in [5.74, 6) is 0.860. The molecule has 2 N–H and O–H groups in total. The average molecular weight is 296 g/mol. The number of piperidine rings is 1. The molecule has 0 saturated carbocycles. The number of aliphatic imine (C=N–C) groups is 1. The van der Waals surface area contributed by atoms with Crippen LogP contribution in [0.3, 0.4) is 0 Å². The van der Waals surface area contributed by atoms with Gasteiger partial charge in [0.1, 0.15) is 0 Å². The van der Waals surface area contributed by atoms with Crippen LogP contribution in [0.15, 0.2) is 17.1 Å². The van der Waals surface area contributed by atoms with Gasteiger partial charge in [-0.1, -0.05) is 12.2 Å². The van der Waals surface area contributed by atoms with Gasteiger partial charge in [-0.3, -0.25) is 4.99 Å². The normalized spacial score (nSPS) is 17.1. The van der Waals surface area contributed by atoms with Crippen LogP contribution in [0.2, 0.25) is 0 Å². The number of carbonyl (C=O) groups excluding carboxylic acids is 1. The van der Waals surface area contributed by atoms with Gasteiger partial charge in [-0.15, -0.1) is 0 Å². The fourth-order valence-electron chi connectivity index (χ4n) is 2.27. The number of methoxy groups -OCH3 is 1. The number of hydrogen-bond acceptors (Lipinski definition) is 3. The van der Waals surface area contributed by atoms with Crippen molar-refractivity contribution in [3.05, 3.63) is 12.2 Å². The van der Waals surface area contributed by atoms with Gasteiger partial charge in [0, 0.05) is 32.2 Å². The number of nitrogens with one attached hydrogen (secondary N) is 2. The Morgan fingerprint density at radius 2 is 2.14 bits per heavy atom. The maximum absolute atomic E-state index is 11.4. The first-order valence-electron chi connectivity index (χ1n) is 7.70. The number of nitrogens with zero attached hydrogens (tertiary/aromatic N) is 2. The molecule has 0 aromatic rings. The molecule has 1 aliphatic rings. The molecular weight excluding hydrogens is 268 g/mol. The summed E-state index contributed by atoms with van der Waals surface area (Å²) in [6.45, 7) is 7.15. The molecule has 1 amide bonds. The molecule has 0 aromatic heterocycles. The van der Waals surface area contributed by atoms with Crippen LogP contribution in [0.4, 0.5) is 4.79 Å². The second-order valence-corrected chi connectivity index (χ2v) is 4.99. The highest BCUT2D eigenvalue weighted by Crippen LogP contribution is 2.11. The first-order valence-corrected chi connectivity index (χ1v) is 7.70. The van der Waals surface area contributed by atoms with E-state index in [2.05, 4.69) is 28.6 Å². The second-order valence-electron chi connectivity index (χ2n) is 4.99. The van der Waals surface area contributed by atoms with Gasteiger partial charge in [-0.2, -0.15) is 0 Å². The van der Waals surface area contributed by atoms with E-state index in [1.165, 1.54) is 7.11 Å². The summed E-state index contributed by atoms with van der Waals surface area (Å²) >= 11 is 0. The van der Waals surface area contributed by atoms with Crippen molar-refractivity contribution in [1.82, 2.24) is 15.5 Å². The van der Waals surface area contributed by atoms with Gasteiger partial charge in [0.15, 0.2) is 5.96 Å². The number of guanidine groups is 1. The molecule has 1 saturated heterocycles. The maximum Gasteiger partial charge on any atom is 0.409 e. The van der Waals surface area contributed by atoms with Gasteiger partial charge < -0.3 is 20.3 Å². The first kappa shape index (κ1) is 17.3. The summed E-state index contributed by atoms with van der Waals surface area (Å²) in [4.78, 5) is 17.7. The fourth-order valence-corrected chi connectivity index (χ4v) is 2.27. The highest BCUT2D eigenvalue weighted by atomic mass is 16.5. The molecule has 0 aliphatic carbocycles. The maximum atomic E-state index is 11.4. The highest BCUT2D eigenvalue weighted by Gasteiger charge is 2.23. The van der Waals surface area contributed by atoms with Crippen LogP contribution in [0, 0.1) is 0 Å². The Hall–Kier alpha value is -1.72. The Kier molecular flexibility index (Phi) is 8.31. The van der Waals surface area contributed by atoms with Crippen LogP contribution >= 0.6 is 0 Å². The lowest BCUT2D eigenvalue weighted by molar-refractivity contribution is 0.111. The van der Waals surface area contributed by atoms with Gasteiger partial charge in [0.25, 0.3) is 0 Å². The third-order valence-corrected chi connectivity index (χ3v) is 3.41. The Labute approximate surface area is 127 Å². The van der Waals surface area contributed by atoms with Crippen molar-refractivity contribution in [2.24, 2.45) is 4.99 Å². The van der Waals surface area contributed by atoms with E-state index in [0.717, 1.165) is 51.4 Å². The molecule has 0 radical (unpaired) electrons. The van der Waals surface area contributed by atoms with Gasteiger partial charge in [-0.25, -0.2) is 4.79 Å². The zero-order chi connectivity index (χ0) is 15.5. The third-order valence-electron chi connectivity index (χ3n) is 3.41. The number of likely N-dealkylation sites (tertiary alicyclic amines) is 1. The number of ether oxygens (including phenoxy) is 1. The molecular formula is C15H28N4O2. The standard InChI is InChI=1S/C15H28N4O2/c1-4-6-7-10-17-14(16-5-2)18-13-8-11-19(12-9-13)15(20)21-3/h4,6,13H,5,7-12H2,1-3H3,(H2,16,17,18)/b6-4+. The van der Waals surface area contributed by atoms with E-state index in [1.807, 2.05) is 13.0 Å². The number of allylic oxidation sites excluding steroid dienone is 1. The van der Waals surface area contributed by atoms with Crippen molar-refractivity contribution in [1.29, 1.82) is 0 Å². The van der Waals surface area contributed by atoms with Crippen molar-refractivity contribution in [2.45, 2.75) is 39.2 Å². The SMILES string of the molecule is C/C=C/CCN=C(NCC)NC1CCN(C(=O)OC)CC1. The molecule has 21 heavy (non-hydrogen) atoms. The monoisotopic (exact) mass is 296 g/mol. The zero-order valence-corrected chi connectivity index (χ0v) is 13.4. The van der Waals surface area contributed by atoms with Crippen LogP contribution in [0.5, 0.6) is 0 Å². The Bertz CT molecular complexity index is 361. The molecule has 0 unspecified atom stereocenters. The lowest BCUT2D eigenvalue weighted by Gasteiger charge is -2.32. The smallest absolute Gasteiger partial charge is 0.409 e. The number of amides is 1. The predicted octanol–water partition coefficient (Wildman–Crippen LogP) is 1.74. The van der Waals surface area contributed by atoms with E-state index in [1.54, 1.807) is 4.90 Å². The molecule has 1 aliphatic heterocycles. The minimum absolute atomic E-state index is 0.236. The Morgan fingerprint density at radius 3 is 2.71 bits per heavy atom. The molecule has 0 spiro atoms. The molecule has 120 valence electrons. The van der Waals surface area contributed by atoms with Gasteiger partial charge in [0.05, 0.1) is 7.11 Å². The summed E-state index contributed by atoms with van der Waals surface area (Å²) in [6.07, 6.45) is 6.69. The molecule has 0 aromatic carbocycles. The Morgan fingerprint density at radius 1 is 1.43 bits per heavy atom. The van der Waals surface area contributed by atoms with Crippen LogP contribution in [0.1, 0.15) is 33.1 Å². The van der Waals surface area contributed by atoms with Gasteiger partial charge in [0.2, 0.25) is 0 Å². The van der Waals surface area contributed by atoms with Gasteiger partial charge in [-0.05, 0) is 33.1 Å². The van der Waals surface area contributed by atoms with Crippen LogP contribution in [0.25, 0.3) is 0 Å².